The van der Waals surface area contributed by atoms with E-state index >= 15 is 0 Å². The lowest BCUT2D eigenvalue weighted by Gasteiger charge is -2.23. The predicted octanol–water partition coefficient (Wildman–Crippen LogP) is -0.809. The Bertz CT molecular complexity index is 445. The van der Waals surface area contributed by atoms with Crippen molar-refractivity contribution in [3.8, 4) is 0 Å². The number of rotatable bonds is 4. The Hall–Kier alpha value is -1.89. The van der Waals surface area contributed by atoms with Crippen LogP contribution in [-0.2, 0) is 16.0 Å². The van der Waals surface area contributed by atoms with E-state index < -0.39 is 12.3 Å². The van der Waals surface area contributed by atoms with Crippen LogP contribution in [-0.4, -0.2) is 46.3 Å². The van der Waals surface area contributed by atoms with Gasteiger partial charge in [0.15, 0.2) is 0 Å². The third-order valence-corrected chi connectivity index (χ3v) is 2.86. The van der Waals surface area contributed by atoms with Gasteiger partial charge >= 0.3 is 0 Å². The molecule has 2 N–H and O–H groups in total. The van der Waals surface area contributed by atoms with Gasteiger partial charge in [0.2, 0.25) is 12.3 Å². The molecule has 1 aliphatic rings. The summed E-state index contributed by atoms with van der Waals surface area (Å²) >= 11 is 0. The number of aliphatic hydroxyl groups excluding tert-OH is 1. The molecule has 0 radical (unpaired) electrons. The summed E-state index contributed by atoms with van der Waals surface area (Å²) < 4.78 is 4.97. The van der Waals surface area contributed by atoms with Crippen LogP contribution in [0.5, 0.6) is 0 Å². The van der Waals surface area contributed by atoms with Gasteiger partial charge in [0.1, 0.15) is 11.9 Å². The van der Waals surface area contributed by atoms with Crippen molar-refractivity contribution in [2.45, 2.75) is 32.0 Å². The molecule has 18 heavy (non-hydrogen) atoms. The molecule has 7 heteroatoms. The summed E-state index contributed by atoms with van der Waals surface area (Å²) in [6, 6.07) is 1.69. The van der Waals surface area contributed by atoms with Gasteiger partial charge in [-0.05, 0) is 6.92 Å². The van der Waals surface area contributed by atoms with Crippen LogP contribution in [0.2, 0.25) is 0 Å². The number of amides is 2. The number of nitrogens with zero attached hydrogens (tertiary/aromatic N) is 2. The maximum atomic E-state index is 12.0. The third kappa shape index (κ3) is 2.67. The average molecular weight is 253 g/mol. The van der Waals surface area contributed by atoms with E-state index in [1.807, 2.05) is 0 Å². The topological polar surface area (TPSA) is 95.7 Å². The van der Waals surface area contributed by atoms with E-state index in [1.54, 1.807) is 13.0 Å². The summed E-state index contributed by atoms with van der Waals surface area (Å²) in [4.78, 5) is 23.9. The summed E-state index contributed by atoms with van der Waals surface area (Å²) in [6.07, 6.45) is -0.108. The van der Waals surface area contributed by atoms with Crippen LogP contribution in [0.25, 0.3) is 0 Å². The van der Waals surface area contributed by atoms with Crippen LogP contribution in [0.1, 0.15) is 17.9 Å². The first-order chi connectivity index (χ1) is 8.60. The Morgan fingerprint density at radius 1 is 1.78 bits per heavy atom. The quantitative estimate of drug-likeness (QED) is 0.684. The van der Waals surface area contributed by atoms with Gasteiger partial charge in [-0.1, -0.05) is 5.16 Å². The Labute approximate surface area is 104 Å². The van der Waals surface area contributed by atoms with Crippen molar-refractivity contribution in [3.05, 3.63) is 17.5 Å². The fourth-order valence-electron chi connectivity index (χ4n) is 2.08. The molecule has 0 aromatic carbocycles. The fraction of sp³-hybridized carbons (Fsp3) is 0.545. The molecule has 2 heterocycles. The van der Waals surface area contributed by atoms with Crippen molar-refractivity contribution in [1.29, 1.82) is 0 Å². The zero-order valence-corrected chi connectivity index (χ0v) is 10.00. The van der Waals surface area contributed by atoms with Crippen LogP contribution in [0.3, 0.4) is 0 Å². The molecule has 1 aliphatic heterocycles. The molecule has 1 aromatic heterocycles. The van der Waals surface area contributed by atoms with E-state index in [9.17, 15) is 14.7 Å². The Kier molecular flexibility index (Phi) is 3.61. The van der Waals surface area contributed by atoms with Gasteiger partial charge < -0.3 is 19.8 Å². The Morgan fingerprint density at radius 2 is 2.56 bits per heavy atom. The van der Waals surface area contributed by atoms with E-state index in [2.05, 4.69) is 10.5 Å². The minimum Gasteiger partial charge on any atom is -0.391 e. The van der Waals surface area contributed by atoms with Crippen molar-refractivity contribution in [2.75, 3.05) is 6.54 Å². The minimum atomic E-state index is -0.608. The van der Waals surface area contributed by atoms with Gasteiger partial charge in [0, 0.05) is 19.0 Å². The van der Waals surface area contributed by atoms with Gasteiger partial charge in [0.05, 0.1) is 18.2 Å². The Morgan fingerprint density at radius 3 is 3.17 bits per heavy atom. The highest BCUT2D eigenvalue weighted by Crippen LogP contribution is 2.17. The van der Waals surface area contributed by atoms with Gasteiger partial charge in [0.25, 0.3) is 0 Å². The molecular weight excluding hydrogens is 238 g/mol. The van der Waals surface area contributed by atoms with Crippen molar-refractivity contribution in [2.24, 2.45) is 0 Å². The smallest absolute Gasteiger partial charge is 0.232 e. The molecule has 0 aliphatic carbocycles. The van der Waals surface area contributed by atoms with Gasteiger partial charge in [-0.25, -0.2) is 0 Å². The summed E-state index contributed by atoms with van der Waals surface area (Å²) in [5, 5.41) is 15.7. The van der Waals surface area contributed by atoms with Crippen molar-refractivity contribution in [1.82, 2.24) is 15.4 Å². The fourth-order valence-corrected chi connectivity index (χ4v) is 2.08. The van der Waals surface area contributed by atoms with E-state index in [4.69, 9.17) is 4.52 Å². The number of nitrogens with one attached hydrogen (secondary N) is 1. The number of hydrogen-bond acceptors (Lipinski definition) is 5. The number of aliphatic hydroxyl groups is 1. The highest BCUT2D eigenvalue weighted by molar-refractivity contribution is 5.79. The summed E-state index contributed by atoms with van der Waals surface area (Å²) in [6.45, 7) is 1.99. The molecule has 1 aromatic rings. The van der Waals surface area contributed by atoms with Gasteiger partial charge in [-0.15, -0.1) is 0 Å². The highest BCUT2D eigenvalue weighted by atomic mass is 16.5. The number of aromatic nitrogens is 1. The summed E-state index contributed by atoms with van der Waals surface area (Å²) in [7, 11) is 0. The first-order valence-corrected chi connectivity index (χ1v) is 5.69. The molecule has 1 fully saturated rings. The third-order valence-electron chi connectivity index (χ3n) is 2.86. The molecular formula is C11H15N3O4. The molecule has 0 saturated carbocycles. The molecule has 2 unspecified atom stereocenters. The minimum absolute atomic E-state index is 0.0740. The normalized spacial score (nSPS) is 23.1. The second-order valence-electron chi connectivity index (χ2n) is 4.35. The summed E-state index contributed by atoms with van der Waals surface area (Å²) in [5.74, 6) is 0.269. The number of hydrogen-bond donors (Lipinski definition) is 2. The van der Waals surface area contributed by atoms with Crippen molar-refractivity contribution < 1.29 is 19.2 Å². The monoisotopic (exact) mass is 253 g/mol. The van der Waals surface area contributed by atoms with Gasteiger partial charge in [-0.2, -0.15) is 0 Å². The maximum Gasteiger partial charge on any atom is 0.232 e. The molecule has 0 bridgehead atoms. The molecule has 7 nitrogen and oxygen atoms in total. The number of carbonyl (C=O) groups excluding carboxylic acids is 2. The number of likely N-dealkylation sites (tertiary alicyclic amines) is 1. The van der Waals surface area contributed by atoms with E-state index in [0.29, 0.717) is 24.3 Å². The SMILES string of the molecule is Cc1cc(CC(=O)N2CC(O)CC2NC=O)on1. The van der Waals surface area contributed by atoms with Crippen LogP contribution in [0, 0.1) is 6.92 Å². The molecule has 2 atom stereocenters. The van der Waals surface area contributed by atoms with Crippen LogP contribution < -0.4 is 5.32 Å². The first kappa shape index (κ1) is 12.6. The van der Waals surface area contributed by atoms with Gasteiger partial charge in [-0.3, -0.25) is 9.59 Å². The second kappa shape index (κ2) is 5.18. The second-order valence-corrected chi connectivity index (χ2v) is 4.35. The van der Waals surface area contributed by atoms with Crippen molar-refractivity contribution >= 4 is 12.3 Å². The zero-order chi connectivity index (χ0) is 13.1. The van der Waals surface area contributed by atoms with E-state index in [-0.39, 0.29) is 18.9 Å². The van der Waals surface area contributed by atoms with E-state index in [0.717, 1.165) is 0 Å². The summed E-state index contributed by atoms with van der Waals surface area (Å²) in [5.41, 5.74) is 0.710. The van der Waals surface area contributed by atoms with Crippen LogP contribution >= 0.6 is 0 Å². The lowest BCUT2D eigenvalue weighted by molar-refractivity contribution is -0.132. The molecule has 98 valence electrons. The van der Waals surface area contributed by atoms with Crippen LogP contribution in [0.15, 0.2) is 10.6 Å². The number of aryl methyl sites for hydroxylation is 1. The predicted molar refractivity (Wildman–Crippen MR) is 60.3 cm³/mol. The molecule has 2 rings (SSSR count). The Balaban J connectivity index is 2.01. The van der Waals surface area contributed by atoms with Crippen LogP contribution in [0.4, 0.5) is 0 Å². The first-order valence-electron chi connectivity index (χ1n) is 5.69. The van der Waals surface area contributed by atoms with E-state index in [1.165, 1.54) is 4.90 Å². The zero-order valence-electron chi connectivity index (χ0n) is 10.00. The molecule has 1 saturated heterocycles. The standard InChI is InChI=1S/C11H15N3O4/c1-7-2-9(18-13-7)4-11(17)14-5-8(16)3-10(14)12-6-15/h2,6,8,10,16H,3-5H2,1H3,(H,12,15). The highest BCUT2D eigenvalue weighted by Gasteiger charge is 2.34. The maximum absolute atomic E-state index is 12.0. The largest absolute Gasteiger partial charge is 0.391 e. The number of β-amino-alcohol motifs (C(OH)–C–C–N with tert-alkyl or cyclic N) is 1. The molecule has 0 spiro atoms. The lowest BCUT2D eigenvalue weighted by Crippen LogP contribution is -2.44. The average Bonchev–Trinajstić information content (AvgIpc) is 2.86. The van der Waals surface area contributed by atoms with Crippen molar-refractivity contribution in [3.63, 3.8) is 0 Å². The molecule has 2 amide bonds. The number of carbonyl (C=O) groups is 2. The lowest BCUT2D eigenvalue weighted by atomic mass is 10.2.